The molecule has 2 N–H and O–H groups in total. The van der Waals surface area contributed by atoms with E-state index in [9.17, 15) is 5.11 Å². The molecule has 0 heterocycles. The molecule has 1 aliphatic rings. The summed E-state index contributed by atoms with van der Waals surface area (Å²) in [5.41, 5.74) is 0. The zero-order valence-electron chi connectivity index (χ0n) is 11.8. The average Bonchev–Trinajstić information content (AvgIpc) is 2.69. The standard InChI is InChI=1S/C14H30N2O/c1-12(2)8-15-9-14(17)11-16(3)10-13-6-4-5-7-13/h12-15,17H,4-11H2,1-3H3. The lowest BCUT2D eigenvalue weighted by Gasteiger charge is -2.23. The van der Waals surface area contributed by atoms with Crippen molar-refractivity contribution in [1.82, 2.24) is 10.2 Å². The monoisotopic (exact) mass is 242 g/mol. The Morgan fingerprint density at radius 1 is 1.24 bits per heavy atom. The van der Waals surface area contributed by atoms with E-state index in [1.54, 1.807) is 0 Å². The third-order valence-electron chi connectivity index (χ3n) is 3.50. The number of hydrogen-bond donors (Lipinski definition) is 2. The number of nitrogens with zero attached hydrogens (tertiary/aromatic N) is 1. The topological polar surface area (TPSA) is 35.5 Å². The Hall–Kier alpha value is -0.120. The summed E-state index contributed by atoms with van der Waals surface area (Å²) >= 11 is 0. The van der Waals surface area contributed by atoms with Crippen molar-refractivity contribution in [1.29, 1.82) is 0 Å². The molecule has 0 radical (unpaired) electrons. The Morgan fingerprint density at radius 2 is 1.88 bits per heavy atom. The van der Waals surface area contributed by atoms with Crippen LogP contribution in [-0.2, 0) is 0 Å². The van der Waals surface area contributed by atoms with Crippen molar-refractivity contribution in [2.45, 2.75) is 45.6 Å². The van der Waals surface area contributed by atoms with Crippen LogP contribution < -0.4 is 5.32 Å². The van der Waals surface area contributed by atoms with Gasteiger partial charge in [-0.25, -0.2) is 0 Å². The molecule has 0 spiro atoms. The third kappa shape index (κ3) is 7.02. The smallest absolute Gasteiger partial charge is 0.0791 e. The Labute approximate surface area is 107 Å². The maximum atomic E-state index is 9.90. The van der Waals surface area contributed by atoms with Crippen LogP contribution in [0, 0.1) is 11.8 Å². The van der Waals surface area contributed by atoms with Crippen LogP contribution in [0.4, 0.5) is 0 Å². The first-order valence-corrected chi connectivity index (χ1v) is 7.15. The molecule has 1 fully saturated rings. The van der Waals surface area contributed by atoms with Crippen molar-refractivity contribution in [3.05, 3.63) is 0 Å². The van der Waals surface area contributed by atoms with E-state index < -0.39 is 0 Å². The summed E-state index contributed by atoms with van der Waals surface area (Å²) in [5.74, 6) is 1.52. The summed E-state index contributed by atoms with van der Waals surface area (Å²) in [6.45, 7) is 8.02. The molecule has 1 rings (SSSR count). The minimum atomic E-state index is -0.236. The molecule has 0 amide bonds. The highest BCUT2D eigenvalue weighted by Gasteiger charge is 2.17. The summed E-state index contributed by atoms with van der Waals surface area (Å²) in [5, 5.41) is 13.2. The van der Waals surface area contributed by atoms with Gasteiger partial charge >= 0.3 is 0 Å². The Bertz CT molecular complexity index is 191. The molecule has 0 bridgehead atoms. The van der Waals surface area contributed by atoms with Gasteiger partial charge in [0.1, 0.15) is 0 Å². The van der Waals surface area contributed by atoms with Crippen molar-refractivity contribution in [3.63, 3.8) is 0 Å². The largest absolute Gasteiger partial charge is 0.390 e. The van der Waals surface area contributed by atoms with E-state index in [-0.39, 0.29) is 6.10 Å². The van der Waals surface area contributed by atoms with Crippen LogP contribution in [0.25, 0.3) is 0 Å². The van der Waals surface area contributed by atoms with Crippen molar-refractivity contribution < 1.29 is 5.11 Å². The van der Waals surface area contributed by atoms with E-state index >= 15 is 0 Å². The molecular formula is C14H30N2O. The van der Waals surface area contributed by atoms with Gasteiger partial charge in [0.15, 0.2) is 0 Å². The Kier molecular flexibility index (Phi) is 7.09. The molecule has 0 aromatic heterocycles. The van der Waals surface area contributed by atoms with Gasteiger partial charge in [0, 0.05) is 19.6 Å². The minimum Gasteiger partial charge on any atom is -0.390 e. The summed E-state index contributed by atoms with van der Waals surface area (Å²) in [7, 11) is 2.13. The molecule has 0 aliphatic heterocycles. The number of aliphatic hydroxyl groups excluding tert-OH is 1. The molecule has 3 nitrogen and oxygen atoms in total. The van der Waals surface area contributed by atoms with E-state index in [1.165, 1.54) is 25.7 Å². The normalized spacial score (nSPS) is 19.4. The quantitative estimate of drug-likeness (QED) is 0.680. The molecule has 1 atom stereocenters. The van der Waals surface area contributed by atoms with E-state index in [0.717, 1.165) is 25.6 Å². The van der Waals surface area contributed by atoms with Gasteiger partial charge in [0.25, 0.3) is 0 Å². The number of nitrogens with one attached hydrogen (secondary N) is 1. The molecule has 1 unspecified atom stereocenters. The highest BCUT2D eigenvalue weighted by Crippen LogP contribution is 2.25. The lowest BCUT2D eigenvalue weighted by molar-refractivity contribution is 0.116. The summed E-state index contributed by atoms with van der Waals surface area (Å²) in [6, 6.07) is 0. The minimum absolute atomic E-state index is 0.236. The number of likely N-dealkylation sites (N-methyl/N-ethyl adjacent to an activating group) is 1. The van der Waals surface area contributed by atoms with Crippen molar-refractivity contribution in [2.24, 2.45) is 11.8 Å². The molecule has 0 aromatic carbocycles. The van der Waals surface area contributed by atoms with Crippen LogP contribution in [0.15, 0.2) is 0 Å². The molecule has 0 saturated heterocycles. The fraction of sp³-hybridized carbons (Fsp3) is 1.00. The van der Waals surface area contributed by atoms with Crippen LogP contribution in [-0.4, -0.2) is 49.3 Å². The maximum absolute atomic E-state index is 9.90. The second kappa shape index (κ2) is 8.06. The lowest BCUT2D eigenvalue weighted by atomic mass is 10.1. The van der Waals surface area contributed by atoms with Gasteiger partial charge in [-0.05, 0) is 38.3 Å². The van der Waals surface area contributed by atoms with Gasteiger partial charge in [0.05, 0.1) is 6.10 Å². The average molecular weight is 242 g/mol. The maximum Gasteiger partial charge on any atom is 0.0791 e. The highest BCUT2D eigenvalue weighted by molar-refractivity contribution is 4.72. The van der Waals surface area contributed by atoms with Gasteiger partial charge in [-0.2, -0.15) is 0 Å². The van der Waals surface area contributed by atoms with Crippen molar-refractivity contribution >= 4 is 0 Å². The third-order valence-corrected chi connectivity index (χ3v) is 3.50. The van der Waals surface area contributed by atoms with Gasteiger partial charge in [-0.1, -0.05) is 26.7 Å². The second-order valence-corrected chi connectivity index (χ2v) is 6.08. The summed E-state index contributed by atoms with van der Waals surface area (Å²) in [6.07, 6.45) is 5.33. The molecule has 0 aromatic rings. The molecule has 3 heteroatoms. The van der Waals surface area contributed by atoms with Gasteiger partial charge in [0.2, 0.25) is 0 Å². The lowest BCUT2D eigenvalue weighted by Crippen LogP contribution is -2.39. The predicted octanol–water partition coefficient (Wildman–Crippen LogP) is 1.71. The number of hydrogen-bond acceptors (Lipinski definition) is 3. The molecule has 1 aliphatic carbocycles. The second-order valence-electron chi connectivity index (χ2n) is 6.08. The van der Waals surface area contributed by atoms with E-state index in [2.05, 4.69) is 31.1 Å². The summed E-state index contributed by atoms with van der Waals surface area (Å²) in [4.78, 5) is 2.29. The first-order valence-electron chi connectivity index (χ1n) is 7.15. The molecule has 102 valence electrons. The SMILES string of the molecule is CC(C)CNCC(O)CN(C)CC1CCCC1. The molecule has 17 heavy (non-hydrogen) atoms. The summed E-state index contributed by atoms with van der Waals surface area (Å²) < 4.78 is 0. The van der Waals surface area contributed by atoms with Crippen molar-refractivity contribution in [2.75, 3.05) is 33.2 Å². The first-order chi connectivity index (χ1) is 8.08. The first kappa shape index (κ1) is 14.9. The van der Waals surface area contributed by atoms with E-state index in [1.807, 2.05) is 0 Å². The van der Waals surface area contributed by atoms with Crippen LogP contribution in [0.5, 0.6) is 0 Å². The number of rotatable bonds is 8. The van der Waals surface area contributed by atoms with Crippen LogP contribution >= 0.6 is 0 Å². The fourth-order valence-corrected chi connectivity index (χ4v) is 2.67. The Balaban J connectivity index is 2.05. The van der Waals surface area contributed by atoms with Gasteiger partial charge in [-0.3, -0.25) is 0 Å². The van der Waals surface area contributed by atoms with Crippen LogP contribution in [0.3, 0.4) is 0 Å². The van der Waals surface area contributed by atoms with Crippen LogP contribution in [0.1, 0.15) is 39.5 Å². The van der Waals surface area contributed by atoms with E-state index in [4.69, 9.17) is 0 Å². The van der Waals surface area contributed by atoms with Gasteiger partial charge in [-0.15, -0.1) is 0 Å². The van der Waals surface area contributed by atoms with E-state index in [0.29, 0.717) is 12.5 Å². The van der Waals surface area contributed by atoms with Crippen LogP contribution in [0.2, 0.25) is 0 Å². The predicted molar refractivity (Wildman–Crippen MR) is 73.2 cm³/mol. The Morgan fingerprint density at radius 3 is 2.47 bits per heavy atom. The zero-order valence-corrected chi connectivity index (χ0v) is 11.8. The fourth-order valence-electron chi connectivity index (χ4n) is 2.67. The number of aliphatic hydroxyl groups is 1. The highest BCUT2D eigenvalue weighted by atomic mass is 16.3. The molecule has 1 saturated carbocycles. The van der Waals surface area contributed by atoms with Crippen molar-refractivity contribution in [3.8, 4) is 0 Å². The zero-order chi connectivity index (χ0) is 12.7. The van der Waals surface area contributed by atoms with Gasteiger partial charge < -0.3 is 15.3 Å². The molecular weight excluding hydrogens is 212 g/mol.